The van der Waals surface area contributed by atoms with Crippen LogP contribution in [0, 0.1) is 6.92 Å². The van der Waals surface area contributed by atoms with Gasteiger partial charge in [0.25, 0.3) is 5.56 Å². The van der Waals surface area contributed by atoms with Crippen LogP contribution in [0.3, 0.4) is 0 Å². The average molecular weight is 374 g/mol. The number of thioether (sulfide) groups is 1. The van der Waals surface area contributed by atoms with Gasteiger partial charge in [0.1, 0.15) is 5.69 Å². The van der Waals surface area contributed by atoms with Crippen molar-refractivity contribution in [3.05, 3.63) is 44.3 Å². The highest BCUT2D eigenvalue weighted by Crippen LogP contribution is 2.24. The van der Waals surface area contributed by atoms with Gasteiger partial charge in [0.15, 0.2) is 0 Å². The minimum atomic E-state index is -0.570. The van der Waals surface area contributed by atoms with Gasteiger partial charge >= 0.3 is 0 Å². The lowest BCUT2D eigenvalue weighted by Gasteiger charge is -2.13. The minimum absolute atomic E-state index is 0.146. The van der Waals surface area contributed by atoms with Crippen LogP contribution < -0.4 is 16.7 Å². The average Bonchev–Trinajstić information content (AvgIpc) is 2.46. The molecule has 1 heterocycles. The van der Waals surface area contributed by atoms with Gasteiger partial charge in [0, 0.05) is 15.7 Å². The van der Waals surface area contributed by atoms with Gasteiger partial charge in [-0.3, -0.25) is 9.59 Å². The molecule has 2 rings (SSSR count). The van der Waals surface area contributed by atoms with Crippen LogP contribution in [0.5, 0.6) is 0 Å². The maximum atomic E-state index is 12.2. The standard InChI is InChI=1S/C13H13Cl2N5O2S/c1-6-12(22)20(16)13(19-18-6)23-7(2)11(21)17-10-4-8(14)3-9(15)5-10/h3-5,7H,16H2,1-2H3,(H,17,21)/t7-/m1/s1. The summed E-state index contributed by atoms with van der Waals surface area (Å²) in [6, 6.07) is 4.71. The lowest BCUT2D eigenvalue weighted by Crippen LogP contribution is -2.33. The first-order valence-electron chi connectivity index (χ1n) is 6.43. The first kappa shape index (κ1) is 17.6. The summed E-state index contributed by atoms with van der Waals surface area (Å²) in [5.41, 5.74) is 0.194. The maximum absolute atomic E-state index is 12.2. The molecule has 122 valence electrons. The lowest BCUT2D eigenvalue weighted by molar-refractivity contribution is -0.115. The molecule has 0 bridgehead atoms. The van der Waals surface area contributed by atoms with Gasteiger partial charge in [0.2, 0.25) is 11.1 Å². The van der Waals surface area contributed by atoms with Crippen molar-refractivity contribution in [1.82, 2.24) is 14.9 Å². The fourth-order valence-corrected chi connectivity index (χ4v) is 2.92. The van der Waals surface area contributed by atoms with Crippen LogP contribution in [0.1, 0.15) is 12.6 Å². The zero-order valence-corrected chi connectivity index (χ0v) is 14.5. The number of aryl methyl sites for hydroxylation is 1. The first-order valence-corrected chi connectivity index (χ1v) is 8.06. The summed E-state index contributed by atoms with van der Waals surface area (Å²) in [5.74, 6) is 5.32. The summed E-state index contributed by atoms with van der Waals surface area (Å²) < 4.78 is 0.868. The molecule has 1 aromatic carbocycles. The Morgan fingerprint density at radius 1 is 1.30 bits per heavy atom. The molecule has 0 saturated carbocycles. The van der Waals surface area contributed by atoms with Crippen LogP contribution in [0.25, 0.3) is 0 Å². The van der Waals surface area contributed by atoms with Crippen molar-refractivity contribution in [2.24, 2.45) is 0 Å². The molecule has 1 aromatic heterocycles. The molecule has 10 heteroatoms. The SMILES string of the molecule is Cc1nnc(S[C@H](C)C(=O)Nc2cc(Cl)cc(Cl)c2)n(N)c1=O. The van der Waals surface area contributed by atoms with Crippen molar-refractivity contribution in [2.45, 2.75) is 24.3 Å². The molecular formula is C13H13Cl2N5O2S. The second-order valence-corrected chi connectivity index (χ2v) is 6.83. The van der Waals surface area contributed by atoms with Crippen molar-refractivity contribution in [3.63, 3.8) is 0 Å². The summed E-state index contributed by atoms with van der Waals surface area (Å²) in [5, 5.41) is 10.6. The normalized spacial score (nSPS) is 12.0. The Bertz CT molecular complexity index is 791. The monoisotopic (exact) mass is 373 g/mol. The van der Waals surface area contributed by atoms with Crippen LogP contribution in [-0.4, -0.2) is 26.0 Å². The quantitative estimate of drug-likeness (QED) is 0.628. The molecule has 0 aliphatic carbocycles. The molecular weight excluding hydrogens is 361 g/mol. The topological polar surface area (TPSA) is 103 Å². The van der Waals surface area contributed by atoms with Crippen LogP contribution in [0.4, 0.5) is 5.69 Å². The first-order chi connectivity index (χ1) is 10.8. The van der Waals surface area contributed by atoms with Gasteiger partial charge in [0.05, 0.1) is 5.25 Å². The third kappa shape index (κ3) is 4.37. The second-order valence-electron chi connectivity index (χ2n) is 4.65. The minimum Gasteiger partial charge on any atom is -0.334 e. The number of benzene rings is 1. The Morgan fingerprint density at radius 3 is 2.52 bits per heavy atom. The molecule has 23 heavy (non-hydrogen) atoms. The Labute approximate surface area is 146 Å². The van der Waals surface area contributed by atoms with E-state index in [9.17, 15) is 9.59 Å². The Morgan fingerprint density at radius 2 is 1.91 bits per heavy atom. The summed E-state index contributed by atoms with van der Waals surface area (Å²) in [6.07, 6.45) is 0. The molecule has 1 atom stereocenters. The van der Waals surface area contributed by atoms with Gasteiger partial charge in [-0.05, 0) is 32.0 Å². The van der Waals surface area contributed by atoms with E-state index in [-0.39, 0.29) is 16.8 Å². The van der Waals surface area contributed by atoms with Crippen LogP contribution in [-0.2, 0) is 4.79 Å². The van der Waals surface area contributed by atoms with Crippen molar-refractivity contribution in [3.8, 4) is 0 Å². The van der Waals surface area contributed by atoms with Crippen molar-refractivity contribution in [1.29, 1.82) is 0 Å². The van der Waals surface area contributed by atoms with E-state index in [1.54, 1.807) is 25.1 Å². The summed E-state index contributed by atoms with van der Waals surface area (Å²) >= 11 is 12.8. The molecule has 0 spiro atoms. The van der Waals surface area contributed by atoms with E-state index in [4.69, 9.17) is 29.0 Å². The Kier molecular flexibility index (Phi) is 5.51. The molecule has 2 aromatic rings. The molecule has 3 N–H and O–H groups in total. The number of nitrogens with zero attached hydrogens (tertiary/aromatic N) is 3. The third-order valence-corrected chi connectivity index (χ3v) is 4.29. The highest BCUT2D eigenvalue weighted by molar-refractivity contribution is 8.00. The number of hydrogen-bond donors (Lipinski definition) is 2. The number of carbonyl (C=O) groups is 1. The predicted molar refractivity (Wildman–Crippen MR) is 91.6 cm³/mol. The zero-order valence-electron chi connectivity index (χ0n) is 12.2. The number of rotatable bonds is 4. The Hall–Kier alpha value is -1.77. The largest absolute Gasteiger partial charge is 0.334 e. The van der Waals surface area contributed by atoms with E-state index in [0.717, 1.165) is 16.4 Å². The molecule has 0 saturated heterocycles. The summed E-state index contributed by atoms with van der Waals surface area (Å²) in [7, 11) is 0. The van der Waals surface area contributed by atoms with E-state index in [0.29, 0.717) is 15.7 Å². The highest BCUT2D eigenvalue weighted by atomic mass is 35.5. The van der Waals surface area contributed by atoms with E-state index < -0.39 is 10.8 Å². The van der Waals surface area contributed by atoms with Gasteiger partial charge < -0.3 is 11.2 Å². The van der Waals surface area contributed by atoms with E-state index in [1.807, 2.05) is 0 Å². The van der Waals surface area contributed by atoms with Gasteiger partial charge in [-0.1, -0.05) is 35.0 Å². The van der Waals surface area contributed by atoms with Crippen molar-refractivity contribution in [2.75, 3.05) is 11.2 Å². The fraction of sp³-hybridized carbons (Fsp3) is 0.231. The molecule has 7 nitrogen and oxygen atoms in total. The second kappa shape index (κ2) is 7.20. The van der Waals surface area contributed by atoms with Crippen LogP contribution >= 0.6 is 35.0 Å². The molecule has 0 unspecified atom stereocenters. The number of anilines is 1. The van der Waals surface area contributed by atoms with Crippen LogP contribution in [0.15, 0.2) is 28.2 Å². The number of nitrogens with one attached hydrogen (secondary N) is 1. The molecule has 1 amide bonds. The van der Waals surface area contributed by atoms with Gasteiger partial charge in [-0.25, -0.2) is 0 Å². The van der Waals surface area contributed by atoms with Gasteiger partial charge in [-0.15, -0.1) is 10.2 Å². The van der Waals surface area contributed by atoms with Gasteiger partial charge in [-0.2, -0.15) is 4.68 Å². The molecule has 0 aliphatic heterocycles. The molecule has 0 aliphatic rings. The summed E-state index contributed by atoms with van der Waals surface area (Å²) in [6.45, 7) is 3.16. The lowest BCUT2D eigenvalue weighted by atomic mass is 10.3. The van der Waals surface area contributed by atoms with E-state index >= 15 is 0 Å². The maximum Gasteiger partial charge on any atom is 0.294 e. The fourth-order valence-electron chi connectivity index (χ4n) is 1.63. The van der Waals surface area contributed by atoms with E-state index in [2.05, 4.69) is 15.5 Å². The number of nitrogen functional groups attached to an aromatic ring is 1. The number of halogens is 2. The van der Waals surface area contributed by atoms with Crippen molar-refractivity contribution >= 4 is 46.6 Å². The molecule has 0 radical (unpaired) electrons. The summed E-state index contributed by atoms with van der Waals surface area (Å²) in [4.78, 5) is 23.9. The van der Waals surface area contributed by atoms with E-state index in [1.165, 1.54) is 6.92 Å². The highest BCUT2D eigenvalue weighted by Gasteiger charge is 2.19. The number of aromatic nitrogens is 3. The number of amides is 1. The zero-order chi connectivity index (χ0) is 17.1. The smallest absolute Gasteiger partial charge is 0.294 e. The van der Waals surface area contributed by atoms with Crippen LogP contribution in [0.2, 0.25) is 10.0 Å². The number of nitrogens with two attached hydrogens (primary N) is 1. The number of carbonyl (C=O) groups excluding carboxylic acids is 1. The van der Waals surface area contributed by atoms with Crippen molar-refractivity contribution < 1.29 is 4.79 Å². The predicted octanol–water partition coefficient (Wildman–Crippen LogP) is 2.09. The number of hydrogen-bond acceptors (Lipinski definition) is 6. The molecule has 0 fully saturated rings. The Balaban J connectivity index is 2.11. The third-order valence-electron chi connectivity index (χ3n) is 2.80.